The number of amidine groups is 1. The molecule has 0 aromatic heterocycles. The predicted octanol–water partition coefficient (Wildman–Crippen LogP) is 3.21. The van der Waals surface area contributed by atoms with Gasteiger partial charge in [0, 0.05) is 16.7 Å². The second-order valence-corrected chi connectivity index (χ2v) is 6.41. The van der Waals surface area contributed by atoms with Crippen LogP contribution in [0.4, 0.5) is 0 Å². The van der Waals surface area contributed by atoms with E-state index >= 15 is 0 Å². The highest BCUT2D eigenvalue weighted by molar-refractivity contribution is 6.22. The van der Waals surface area contributed by atoms with Crippen molar-refractivity contribution in [2.45, 2.75) is 0 Å². The summed E-state index contributed by atoms with van der Waals surface area (Å²) in [6.07, 6.45) is 0. The lowest BCUT2D eigenvalue weighted by atomic mass is 9.94. The predicted molar refractivity (Wildman–Crippen MR) is 105 cm³/mol. The van der Waals surface area contributed by atoms with Crippen LogP contribution in [0.3, 0.4) is 0 Å². The Kier molecular flexibility index (Phi) is 3.66. The van der Waals surface area contributed by atoms with Crippen molar-refractivity contribution >= 4 is 17.5 Å². The summed E-state index contributed by atoms with van der Waals surface area (Å²) in [7, 11) is 0. The zero-order chi connectivity index (χ0) is 18.2. The number of aliphatic imine (C=N–C) groups is 1. The molecule has 5 nitrogen and oxygen atoms in total. The molecule has 0 bridgehead atoms. The molecule has 3 aromatic carbocycles. The van der Waals surface area contributed by atoms with E-state index in [1.165, 1.54) is 5.56 Å². The molecule has 2 aliphatic heterocycles. The van der Waals surface area contributed by atoms with Gasteiger partial charge < -0.3 is 0 Å². The van der Waals surface area contributed by atoms with Crippen LogP contribution < -0.4 is 5.43 Å². The van der Waals surface area contributed by atoms with Gasteiger partial charge in [-0.15, -0.1) is 0 Å². The lowest BCUT2D eigenvalue weighted by molar-refractivity contribution is -0.118. The first kappa shape index (κ1) is 15.7. The molecule has 0 spiro atoms. The number of nitrogens with one attached hydrogen (secondary N) is 1. The van der Waals surface area contributed by atoms with Crippen LogP contribution in [0.15, 0.2) is 89.0 Å². The number of carbonyl (C=O) groups is 1. The molecule has 2 heterocycles. The molecule has 130 valence electrons. The van der Waals surface area contributed by atoms with Crippen LogP contribution in [0.2, 0.25) is 0 Å². The number of hydrogen-bond donors (Lipinski definition) is 1. The van der Waals surface area contributed by atoms with E-state index in [0.717, 1.165) is 28.0 Å². The topological polar surface area (TPSA) is 57.1 Å². The zero-order valence-corrected chi connectivity index (χ0v) is 14.5. The Morgan fingerprint density at radius 2 is 1.37 bits per heavy atom. The Hall–Kier alpha value is -3.57. The molecule has 0 fully saturated rings. The van der Waals surface area contributed by atoms with Gasteiger partial charge >= 0.3 is 0 Å². The third-order valence-corrected chi connectivity index (χ3v) is 4.70. The average molecular weight is 352 g/mol. The van der Waals surface area contributed by atoms with Crippen molar-refractivity contribution in [2.75, 3.05) is 6.54 Å². The number of amides is 1. The van der Waals surface area contributed by atoms with Gasteiger partial charge in [0.1, 0.15) is 5.71 Å². The molecule has 0 saturated carbocycles. The van der Waals surface area contributed by atoms with Crippen LogP contribution in [-0.4, -0.2) is 29.1 Å². The van der Waals surface area contributed by atoms with E-state index in [9.17, 15) is 4.79 Å². The van der Waals surface area contributed by atoms with E-state index in [-0.39, 0.29) is 12.5 Å². The highest BCUT2D eigenvalue weighted by Gasteiger charge is 2.29. The van der Waals surface area contributed by atoms with Gasteiger partial charge in [-0.25, -0.2) is 5.43 Å². The molecule has 0 atom stereocenters. The second kappa shape index (κ2) is 6.30. The van der Waals surface area contributed by atoms with Crippen molar-refractivity contribution in [1.82, 2.24) is 10.5 Å². The van der Waals surface area contributed by atoms with Crippen molar-refractivity contribution in [1.29, 1.82) is 0 Å². The Balaban J connectivity index is 1.59. The first-order valence-corrected chi connectivity index (χ1v) is 8.79. The number of benzene rings is 3. The maximum absolute atomic E-state index is 11.7. The summed E-state index contributed by atoms with van der Waals surface area (Å²) in [6.45, 7) is 0.148. The lowest BCUT2D eigenvalue weighted by Crippen LogP contribution is -2.49. The molecule has 1 N–H and O–H groups in total. The molecule has 0 saturated heterocycles. The fraction of sp³-hybridized carbons (Fsp3) is 0.0455. The normalized spacial score (nSPS) is 15.6. The Labute approximate surface area is 156 Å². The van der Waals surface area contributed by atoms with Crippen LogP contribution in [0.5, 0.6) is 0 Å². The lowest BCUT2D eigenvalue weighted by Gasteiger charge is -2.30. The van der Waals surface area contributed by atoms with E-state index in [4.69, 9.17) is 5.10 Å². The number of hydrogen-bond acceptors (Lipinski definition) is 4. The molecule has 0 aliphatic carbocycles. The third kappa shape index (κ3) is 2.74. The molecular formula is C22H16N4O. The van der Waals surface area contributed by atoms with Gasteiger partial charge in [-0.3, -0.25) is 4.79 Å². The van der Waals surface area contributed by atoms with Crippen LogP contribution in [0, 0.1) is 0 Å². The van der Waals surface area contributed by atoms with E-state index in [2.05, 4.69) is 46.8 Å². The first-order valence-electron chi connectivity index (χ1n) is 8.79. The highest BCUT2D eigenvalue weighted by Crippen LogP contribution is 2.26. The van der Waals surface area contributed by atoms with Crippen molar-refractivity contribution in [3.63, 3.8) is 0 Å². The van der Waals surface area contributed by atoms with Crippen LogP contribution in [0.1, 0.15) is 16.7 Å². The summed E-state index contributed by atoms with van der Waals surface area (Å²) < 4.78 is 0. The Morgan fingerprint density at radius 3 is 2.15 bits per heavy atom. The minimum atomic E-state index is -0.193. The Bertz CT molecular complexity index is 1080. The highest BCUT2D eigenvalue weighted by atomic mass is 16.2. The van der Waals surface area contributed by atoms with Crippen LogP contribution >= 0.6 is 0 Å². The summed E-state index contributed by atoms with van der Waals surface area (Å²) in [5.41, 5.74) is 9.09. The molecule has 27 heavy (non-hydrogen) atoms. The zero-order valence-electron chi connectivity index (χ0n) is 14.5. The molecule has 2 aliphatic rings. The van der Waals surface area contributed by atoms with E-state index in [1.54, 1.807) is 5.12 Å². The van der Waals surface area contributed by atoms with Crippen molar-refractivity contribution in [3.05, 3.63) is 95.6 Å². The fourth-order valence-electron chi connectivity index (χ4n) is 3.38. The van der Waals surface area contributed by atoms with Gasteiger partial charge in [0.15, 0.2) is 5.84 Å². The van der Waals surface area contributed by atoms with Crippen LogP contribution in [0.25, 0.3) is 11.1 Å². The minimum Gasteiger partial charge on any atom is -0.271 e. The van der Waals surface area contributed by atoms with E-state index in [1.807, 2.05) is 42.5 Å². The summed E-state index contributed by atoms with van der Waals surface area (Å²) in [5, 5.41) is 6.31. The first-order chi connectivity index (χ1) is 13.3. The number of fused-ring (bicyclic) bond motifs is 3. The molecule has 1 amide bonds. The monoisotopic (exact) mass is 352 g/mol. The van der Waals surface area contributed by atoms with Crippen molar-refractivity contribution < 1.29 is 4.79 Å². The summed E-state index contributed by atoms with van der Waals surface area (Å²) in [6, 6.07) is 26.5. The second-order valence-electron chi connectivity index (χ2n) is 6.41. The molecule has 0 unspecified atom stereocenters. The summed E-state index contributed by atoms with van der Waals surface area (Å²) >= 11 is 0. The smallest absolute Gasteiger partial charge is 0.263 e. The molecular weight excluding hydrogens is 336 g/mol. The number of rotatable bonds is 2. The number of nitrogens with zero attached hydrogens (tertiary/aromatic N) is 3. The minimum absolute atomic E-state index is 0.148. The van der Waals surface area contributed by atoms with Gasteiger partial charge in [-0.2, -0.15) is 15.2 Å². The standard InChI is InChI=1S/C22H16N4O/c27-20-14-23-26-22(24-20)19-9-5-4-8-18(19)21(25-26)17-12-10-16(11-13-17)15-6-2-1-3-7-15/h1-13,23H,14H2. The third-order valence-electron chi connectivity index (χ3n) is 4.70. The van der Waals surface area contributed by atoms with E-state index < -0.39 is 0 Å². The molecule has 0 radical (unpaired) electrons. The molecule has 3 aromatic rings. The Morgan fingerprint density at radius 1 is 0.741 bits per heavy atom. The van der Waals surface area contributed by atoms with Gasteiger partial charge in [-0.05, 0) is 11.1 Å². The maximum atomic E-state index is 11.7. The average Bonchev–Trinajstić information content (AvgIpc) is 2.74. The number of carbonyl (C=O) groups excluding carboxylic acids is 1. The van der Waals surface area contributed by atoms with Gasteiger partial charge in [0.05, 0.1) is 6.54 Å². The quantitative estimate of drug-likeness (QED) is 0.770. The summed E-state index contributed by atoms with van der Waals surface area (Å²) in [4.78, 5) is 15.9. The molecule has 5 rings (SSSR count). The number of hydrazine groups is 1. The van der Waals surface area contributed by atoms with Gasteiger partial charge in [0.2, 0.25) is 0 Å². The van der Waals surface area contributed by atoms with Crippen molar-refractivity contribution in [3.8, 4) is 11.1 Å². The molecule has 5 heteroatoms. The maximum Gasteiger partial charge on any atom is 0.263 e. The van der Waals surface area contributed by atoms with Gasteiger partial charge in [0.25, 0.3) is 5.91 Å². The van der Waals surface area contributed by atoms with Crippen LogP contribution in [-0.2, 0) is 4.79 Å². The largest absolute Gasteiger partial charge is 0.271 e. The fourth-order valence-corrected chi connectivity index (χ4v) is 3.38. The number of hydrazone groups is 1. The summed E-state index contributed by atoms with van der Waals surface area (Å²) in [5.74, 6) is 0.355. The van der Waals surface area contributed by atoms with E-state index in [0.29, 0.717) is 5.84 Å². The van der Waals surface area contributed by atoms with Gasteiger partial charge in [-0.1, -0.05) is 78.9 Å². The van der Waals surface area contributed by atoms with Crippen molar-refractivity contribution in [2.24, 2.45) is 10.1 Å². The SMILES string of the molecule is O=C1CNN2N=C(c3ccc(-c4ccccc4)cc3)c3ccccc3C2=N1.